The van der Waals surface area contributed by atoms with Crippen molar-refractivity contribution in [1.82, 2.24) is 0 Å². The molecule has 18 heavy (non-hydrogen) atoms. The summed E-state index contributed by atoms with van der Waals surface area (Å²) in [5, 5.41) is 17.3. The minimum absolute atomic E-state index is 0.322. The Morgan fingerprint density at radius 2 is 0.944 bits per heavy atom. The molecule has 3 nitrogen and oxygen atoms in total. The van der Waals surface area contributed by atoms with Gasteiger partial charge in [0.25, 0.3) is 0 Å². The molecule has 0 aliphatic rings. The molecule has 0 aliphatic carbocycles. The van der Waals surface area contributed by atoms with Crippen LogP contribution >= 0.6 is 23.2 Å². The molecule has 0 saturated carbocycles. The number of para-hydroxylation sites is 2. The van der Waals surface area contributed by atoms with Gasteiger partial charge >= 0.3 is 4.70 Å². The van der Waals surface area contributed by atoms with Gasteiger partial charge in [-0.15, -0.1) is 0 Å². The minimum Gasteiger partial charge on any atom is -0.508 e. The summed E-state index contributed by atoms with van der Waals surface area (Å²) in [6, 6.07) is 17.4. The molecule has 96 valence electrons. The van der Waals surface area contributed by atoms with Gasteiger partial charge in [0, 0.05) is 0 Å². The average Bonchev–Trinajstić information content (AvgIpc) is 2.31. The number of benzene rings is 2. The molecular formula is C13H12Cl2O3. The lowest BCUT2D eigenvalue weighted by molar-refractivity contribution is 0.275. The van der Waals surface area contributed by atoms with Crippen LogP contribution in [0.2, 0.25) is 0 Å². The summed E-state index contributed by atoms with van der Waals surface area (Å²) in [7, 11) is 0. The van der Waals surface area contributed by atoms with Gasteiger partial charge in [0.15, 0.2) is 0 Å². The highest BCUT2D eigenvalue weighted by molar-refractivity contribution is 6.93. The Balaban J connectivity index is 0.000000253. The Morgan fingerprint density at radius 1 is 0.722 bits per heavy atom. The lowest BCUT2D eigenvalue weighted by atomic mass is 10.3. The maximum atomic E-state index is 8.98. The van der Waals surface area contributed by atoms with Gasteiger partial charge in [-0.05, 0) is 47.5 Å². The summed E-state index contributed by atoms with van der Waals surface area (Å²) in [5.41, 5.74) is 0. The van der Waals surface area contributed by atoms with Gasteiger partial charge in [0.2, 0.25) is 0 Å². The first-order valence-corrected chi connectivity index (χ1v) is 5.61. The van der Waals surface area contributed by atoms with Crippen molar-refractivity contribution in [3.05, 3.63) is 60.7 Å². The largest absolute Gasteiger partial charge is 0.508 e. The van der Waals surface area contributed by atoms with Crippen LogP contribution in [0.3, 0.4) is 0 Å². The van der Waals surface area contributed by atoms with E-state index < -0.39 is 4.70 Å². The van der Waals surface area contributed by atoms with Gasteiger partial charge in [-0.1, -0.05) is 36.4 Å². The molecular weight excluding hydrogens is 275 g/mol. The van der Waals surface area contributed by atoms with E-state index in [0.29, 0.717) is 11.5 Å². The molecule has 0 aliphatic heterocycles. The van der Waals surface area contributed by atoms with E-state index >= 15 is 0 Å². The molecule has 5 heteroatoms. The van der Waals surface area contributed by atoms with Gasteiger partial charge < -0.3 is 10.2 Å². The van der Waals surface area contributed by atoms with Crippen LogP contribution in [-0.4, -0.2) is 14.9 Å². The van der Waals surface area contributed by atoms with Gasteiger partial charge in [-0.25, -0.2) is 0 Å². The SMILES string of the molecule is O=C(Cl)Cl.Oc1ccccc1.Oc1ccccc1. The second-order valence-corrected chi connectivity index (χ2v) is 3.78. The Labute approximate surface area is 115 Å². The van der Waals surface area contributed by atoms with Crippen molar-refractivity contribution in [3.8, 4) is 11.5 Å². The van der Waals surface area contributed by atoms with E-state index in [2.05, 4.69) is 23.2 Å². The third kappa shape index (κ3) is 12.4. The number of carbonyl (C=O) groups excluding carboxylic acids is 1. The zero-order valence-corrected chi connectivity index (χ0v) is 10.8. The van der Waals surface area contributed by atoms with Crippen LogP contribution in [0.4, 0.5) is 4.79 Å². The molecule has 0 bridgehead atoms. The predicted octanol–water partition coefficient (Wildman–Crippen LogP) is 4.37. The van der Waals surface area contributed by atoms with Crippen LogP contribution in [0.5, 0.6) is 11.5 Å². The van der Waals surface area contributed by atoms with Crippen molar-refractivity contribution in [2.24, 2.45) is 0 Å². The Hall–Kier alpha value is -1.71. The van der Waals surface area contributed by atoms with Crippen LogP contribution in [0.15, 0.2) is 60.7 Å². The molecule has 0 radical (unpaired) electrons. The maximum Gasteiger partial charge on any atom is 0.313 e. The third-order valence-corrected chi connectivity index (χ3v) is 1.51. The number of phenols is 2. The van der Waals surface area contributed by atoms with E-state index in [-0.39, 0.29) is 0 Å². The average molecular weight is 287 g/mol. The van der Waals surface area contributed by atoms with Crippen molar-refractivity contribution in [2.45, 2.75) is 0 Å². The number of halogens is 2. The monoisotopic (exact) mass is 286 g/mol. The summed E-state index contributed by atoms with van der Waals surface area (Å²) in [6.45, 7) is 0. The summed E-state index contributed by atoms with van der Waals surface area (Å²) in [4.78, 5) is 8.98. The van der Waals surface area contributed by atoms with Crippen molar-refractivity contribution >= 4 is 27.9 Å². The third-order valence-electron chi connectivity index (χ3n) is 1.51. The smallest absolute Gasteiger partial charge is 0.313 e. The fraction of sp³-hybridized carbons (Fsp3) is 0. The normalized spacial score (nSPS) is 8.11. The second-order valence-electron chi connectivity index (χ2n) is 2.90. The molecule has 2 aromatic carbocycles. The van der Waals surface area contributed by atoms with Crippen molar-refractivity contribution < 1.29 is 15.0 Å². The number of rotatable bonds is 0. The maximum absolute atomic E-state index is 8.98. The lowest BCUT2D eigenvalue weighted by Gasteiger charge is -1.82. The highest BCUT2D eigenvalue weighted by atomic mass is 35.5. The van der Waals surface area contributed by atoms with Gasteiger partial charge in [-0.3, -0.25) is 4.79 Å². The highest BCUT2D eigenvalue weighted by Crippen LogP contribution is 2.03. The Kier molecular flexibility index (Phi) is 9.45. The number of aromatic hydroxyl groups is 2. The van der Waals surface area contributed by atoms with E-state index in [1.807, 2.05) is 12.1 Å². The molecule has 2 N–H and O–H groups in total. The van der Waals surface area contributed by atoms with E-state index in [9.17, 15) is 0 Å². The molecule has 0 saturated heterocycles. The predicted molar refractivity (Wildman–Crippen MR) is 73.3 cm³/mol. The minimum atomic E-state index is -0.889. The topological polar surface area (TPSA) is 57.5 Å². The van der Waals surface area contributed by atoms with E-state index in [1.54, 1.807) is 48.5 Å². The lowest BCUT2D eigenvalue weighted by Crippen LogP contribution is -1.56. The molecule has 0 amide bonds. The molecule has 0 spiro atoms. The molecule has 2 rings (SSSR count). The van der Waals surface area contributed by atoms with Crippen LogP contribution in [0.25, 0.3) is 0 Å². The molecule has 0 atom stereocenters. The standard InChI is InChI=1S/2C6H6O.CCl2O/c2*7-6-4-2-1-3-5-6;2-1(3)4/h2*1-5,7H;. The van der Waals surface area contributed by atoms with Gasteiger partial charge in [0.1, 0.15) is 11.5 Å². The van der Waals surface area contributed by atoms with Crippen LogP contribution in [0, 0.1) is 0 Å². The van der Waals surface area contributed by atoms with Crippen LogP contribution < -0.4 is 0 Å². The van der Waals surface area contributed by atoms with E-state index in [4.69, 9.17) is 15.0 Å². The summed E-state index contributed by atoms with van der Waals surface area (Å²) in [5.74, 6) is 0.644. The molecule has 2 aromatic rings. The highest BCUT2D eigenvalue weighted by Gasteiger charge is 1.75. The number of hydrogen-bond donors (Lipinski definition) is 2. The number of hydrogen-bond acceptors (Lipinski definition) is 3. The summed E-state index contributed by atoms with van der Waals surface area (Å²) in [6.07, 6.45) is 0. The Bertz CT molecular complexity index is 391. The molecule has 0 aromatic heterocycles. The molecule has 0 heterocycles. The van der Waals surface area contributed by atoms with E-state index in [1.165, 1.54) is 0 Å². The number of phenolic OH excluding ortho intramolecular Hbond substituents is 2. The number of carbonyl (C=O) groups is 1. The molecule has 0 unspecified atom stereocenters. The van der Waals surface area contributed by atoms with Crippen molar-refractivity contribution in [1.29, 1.82) is 0 Å². The van der Waals surface area contributed by atoms with Crippen LogP contribution in [-0.2, 0) is 0 Å². The summed E-state index contributed by atoms with van der Waals surface area (Å²) < 4.78 is -0.889. The zero-order chi connectivity index (χ0) is 13.8. The second kappa shape index (κ2) is 10.4. The first-order valence-electron chi connectivity index (χ1n) is 4.85. The fourth-order valence-corrected chi connectivity index (χ4v) is 0.856. The van der Waals surface area contributed by atoms with Gasteiger partial charge in [0.05, 0.1) is 0 Å². The van der Waals surface area contributed by atoms with Crippen molar-refractivity contribution in [3.63, 3.8) is 0 Å². The van der Waals surface area contributed by atoms with Crippen molar-refractivity contribution in [2.75, 3.05) is 0 Å². The first kappa shape index (κ1) is 16.3. The van der Waals surface area contributed by atoms with Crippen LogP contribution in [0.1, 0.15) is 0 Å². The van der Waals surface area contributed by atoms with E-state index in [0.717, 1.165) is 0 Å². The Morgan fingerprint density at radius 3 is 1.06 bits per heavy atom. The summed E-state index contributed by atoms with van der Waals surface area (Å²) >= 11 is 8.80. The fourth-order valence-electron chi connectivity index (χ4n) is 0.856. The quantitative estimate of drug-likeness (QED) is 0.707. The van der Waals surface area contributed by atoms with Gasteiger partial charge in [-0.2, -0.15) is 0 Å². The first-order chi connectivity index (χ1) is 8.52. The zero-order valence-electron chi connectivity index (χ0n) is 9.33. The molecule has 0 fully saturated rings.